The molecule has 0 amide bonds. The molecule has 0 spiro atoms. The van der Waals surface area contributed by atoms with E-state index in [1.807, 2.05) is 6.07 Å². The first-order chi connectivity index (χ1) is 7.65. The fourth-order valence-electron chi connectivity index (χ4n) is 1.37. The molecule has 0 radical (unpaired) electrons. The van der Waals surface area contributed by atoms with E-state index in [0.29, 0.717) is 6.54 Å². The first kappa shape index (κ1) is 13.8. The number of alkyl halides is 1. The molecular formula is C12H16Cl2FN. The maximum absolute atomic E-state index is 13.1. The van der Waals surface area contributed by atoms with Crippen molar-refractivity contribution in [3.05, 3.63) is 34.6 Å². The van der Waals surface area contributed by atoms with E-state index in [9.17, 15) is 4.39 Å². The molecule has 0 aliphatic heterocycles. The molecule has 0 aliphatic carbocycles. The van der Waals surface area contributed by atoms with Crippen molar-refractivity contribution in [2.75, 3.05) is 6.54 Å². The predicted molar refractivity (Wildman–Crippen MR) is 67.7 cm³/mol. The lowest BCUT2D eigenvalue weighted by atomic mass is 10.2. The highest BCUT2D eigenvalue weighted by atomic mass is 35.5. The third-order valence-electron chi connectivity index (χ3n) is 2.42. The minimum Gasteiger partial charge on any atom is -0.313 e. The zero-order valence-corrected chi connectivity index (χ0v) is 10.8. The Hall–Kier alpha value is -0.310. The second-order valence-electron chi connectivity index (χ2n) is 3.68. The van der Waals surface area contributed by atoms with Crippen LogP contribution in [-0.2, 0) is 6.54 Å². The Labute approximate surface area is 106 Å². The molecule has 1 atom stereocenters. The second-order valence-corrected chi connectivity index (χ2v) is 4.68. The van der Waals surface area contributed by atoms with Crippen molar-refractivity contribution in [2.24, 2.45) is 0 Å². The molecule has 4 heteroatoms. The van der Waals surface area contributed by atoms with Gasteiger partial charge in [-0.3, -0.25) is 0 Å². The van der Waals surface area contributed by atoms with E-state index < -0.39 is 0 Å². The average molecular weight is 264 g/mol. The maximum atomic E-state index is 13.1. The molecule has 90 valence electrons. The van der Waals surface area contributed by atoms with Gasteiger partial charge >= 0.3 is 0 Å². The molecule has 0 heterocycles. The number of hydrogen-bond acceptors (Lipinski definition) is 1. The lowest BCUT2D eigenvalue weighted by Gasteiger charge is -2.09. The van der Waals surface area contributed by atoms with Gasteiger partial charge in [-0.15, -0.1) is 11.6 Å². The molecule has 0 aliphatic rings. The van der Waals surface area contributed by atoms with E-state index >= 15 is 0 Å². The van der Waals surface area contributed by atoms with Gasteiger partial charge < -0.3 is 5.32 Å². The summed E-state index contributed by atoms with van der Waals surface area (Å²) in [6.45, 7) is 3.44. The number of halogens is 3. The van der Waals surface area contributed by atoms with Crippen LogP contribution >= 0.6 is 23.2 Å². The van der Waals surface area contributed by atoms with Gasteiger partial charge in [-0.05, 0) is 31.0 Å². The quantitative estimate of drug-likeness (QED) is 0.605. The van der Waals surface area contributed by atoms with Crippen LogP contribution in [0.1, 0.15) is 25.3 Å². The third-order valence-corrected chi connectivity index (χ3v) is 3.37. The Balaban J connectivity index is 2.35. The van der Waals surface area contributed by atoms with Gasteiger partial charge in [-0.2, -0.15) is 0 Å². The van der Waals surface area contributed by atoms with Crippen molar-refractivity contribution in [3.63, 3.8) is 0 Å². The van der Waals surface area contributed by atoms with E-state index in [2.05, 4.69) is 12.2 Å². The van der Waals surface area contributed by atoms with Crippen molar-refractivity contribution < 1.29 is 4.39 Å². The van der Waals surface area contributed by atoms with Gasteiger partial charge in [0.2, 0.25) is 0 Å². The SMILES string of the molecule is CCC(Cl)CCNCc1cccc(F)c1Cl. The molecule has 16 heavy (non-hydrogen) atoms. The molecular weight excluding hydrogens is 248 g/mol. The molecule has 0 bridgehead atoms. The Morgan fingerprint density at radius 2 is 2.19 bits per heavy atom. The van der Waals surface area contributed by atoms with Crippen molar-refractivity contribution in [2.45, 2.75) is 31.7 Å². The maximum Gasteiger partial charge on any atom is 0.142 e. The summed E-state index contributed by atoms with van der Waals surface area (Å²) in [6, 6.07) is 4.84. The van der Waals surface area contributed by atoms with Crippen LogP contribution in [0.15, 0.2) is 18.2 Å². The second kappa shape index (κ2) is 7.10. The Morgan fingerprint density at radius 1 is 1.44 bits per heavy atom. The van der Waals surface area contributed by atoms with Crippen LogP contribution in [0.5, 0.6) is 0 Å². The van der Waals surface area contributed by atoms with E-state index in [1.165, 1.54) is 6.07 Å². The molecule has 1 unspecified atom stereocenters. The standard InChI is InChI=1S/C12H16Cl2FN/c1-2-10(13)6-7-16-8-9-4-3-5-11(15)12(9)14/h3-5,10,16H,2,6-8H2,1H3. The van der Waals surface area contributed by atoms with E-state index in [1.54, 1.807) is 6.07 Å². The van der Waals surface area contributed by atoms with Crippen LogP contribution in [-0.4, -0.2) is 11.9 Å². The highest BCUT2D eigenvalue weighted by molar-refractivity contribution is 6.31. The molecule has 1 aromatic carbocycles. The van der Waals surface area contributed by atoms with Crippen molar-refractivity contribution in [1.29, 1.82) is 0 Å². The summed E-state index contributed by atoms with van der Waals surface area (Å²) >= 11 is 11.8. The summed E-state index contributed by atoms with van der Waals surface area (Å²) in [7, 11) is 0. The summed E-state index contributed by atoms with van der Waals surface area (Å²) in [5.74, 6) is -0.371. The fraction of sp³-hybridized carbons (Fsp3) is 0.500. The fourth-order valence-corrected chi connectivity index (χ4v) is 1.67. The van der Waals surface area contributed by atoms with Crippen molar-refractivity contribution >= 4 is 23.2 Å². The molecule has 1 rings (SSSR count). The van der Waals surface area contributed by atoms with Gasteiger partial charge in [0, 0.05) is 11.9 Å². The van der Waals surface area contributed by atoms with Gasteiger partial charge in [0.1, 0.15) is 5.82 Å². The van der Waals surface area contributed by atoms with Gasteiger partial charge in [0.05, 0.1) is 5.02 Å². The van der Waals surface area contributed by atoms with Crippen LogP contribution in [0.4, 0.5) is 4.39 Å². The van der Waals surface area contributed by atoms with Crippen LogP contribution in [0.25, 0.3) is 0 Å². The minimum absolute atomic E-state index is 0.202. The summed E-state index contributed by atoms with van der Waals surface area (Å²) in [4.78, 5) is 0. The third kappa shape index (κ3) is 4.28. The van der Waals surface area contributed by atoms with Gasteiger partial charge in [-0.25, -0.2) is 4.39 Å². The average Bonchev–Trinajstić information content (AvgIpc) is 2.29. The van der Waals surface area contributed by atoms with Gasteiger partial charge in [-0.1, -0.05) is 30.7 Å². The van der Waals surface area contributed by atoms with Crippen LogP contribution in [0.2, 0.25) is 5.02 Å². The Kier molecular flexibility index (Phi) is 6.10. The zero-order chi connectivity index (χ0) is 12.0. The van der Waals surface area contributed by atoms with Crippen LogP contribution in [0.3, 0.4) is 0 Å². The molecule has 1 aromatic rings. The molecule has 1 nitrogen and oxygen atoms in total. The lowest BCUT2D eigenvalue weighted by Crippen LogP contribution is -2.18. The predicted octanol–water partition coefficient (Wildman–Crippen LogP) is 3.98. The van der Waals surface area contributed by atoms with Crippen LogP contribution in [0, 0.1) is 5.82 Å². The summed E-state index contributed by atoms with van der Waals surface area (Å²) in [6.07, 6.45) is 1.87. The minimum atomic E-state index is -0.371. The molecule has 0 saturated carbocycles. The molecule has 0 saturated heterocycles. The zero-order valence-electron chi connectivity index (χ0n) is 9.27. The van der Waals surface area contributed by atoms with Crippen LogP contribution < -0.4 is 5.32 Å². The van der Waals surface area contributed by atoms with E-state index in [0.717, 1.165) is 24.9 Å². The topological polar surface area (TPSA) is 12.0 Å². The van der Waals surface area contributed by atoms with Gasteiger partial charge in [0.25, 0.3) is 0 Å². The summed E-state index contributed by atoms with van der Waals surface area (Å²) in [5.41, 5.74) is 0.782. The smallest absolute Gasteiger partial charge is 0.142 e. The number of benzene rings is 1. The number of rotatable bonds is 6. The summed E-state index contributed by atoms with van der Waals surface area (Å²) in [5, 5.41) is 3.61. The van der Waals surface area contributed by atoms with E-state index in [-0.39, 0.29) is 16.2 Å². The molecule has 0 aromatic heterocycles. The first-order valence-corrected chi connectivity index (χ1v) is 6.24. The lowest BCUT2D eigenvalue weighted by molar-refractivity contribution is 0.607. The van der Waals surface area contributed by atoms with E-state index in [4.69, 9.17) is 23.2 Å². The van der Waals surface area contributed by atoms with Gasteiger partial charge in [0.15, 0.2) is 0 Å². The Bertz CT molecular complexity index is 331. The number of hydrogen-bond donors (Lipinski definition) is 1. The normalized spacial score (nSPS) is 12.8. The molecule has 1 N–H and O–H groups in total. The monoisotopic (exact) mass is 263 g/mol. The van der Waals surface area contributed by atoms with Crippen molar-refractivity contribution in [3.8, 4) is 0 Å². The van der Waals surface area contributed by atoms with Crippen molar-refractivity contribution in [1.82, 2.24) is 5.32 Å². The summed E-state index contributed by atoms with van der Waals surface area (Å²) < 4.78 is 13.1. The molecule has 0 fully saturated rings. The highest BCUT2D eigenvalue weighted by Crippen LogP contribution is 2.19. The number of nitrogens with one attached hydrogen (secondary N) is 1. The first-order valence-electron chi connectivity index (χ1n) is 5.42. The Morgan fingerprint density at radius 3 is 2.88 bits per heavy atom. The largest absolute Gasteiger partial charge is 0.313 e. The highest BCUT2D eigenvalue weighted by Gasteiger charge is 2.05.